The molecule has 0 atom stereocenters. The number of aromatic nitrogens is 2. The van der Waals surface area contributed by atoms with Crippen molar-refractivity contribution in [1.29, 1.82) is 5.26 Å². The van der Waals surface area contributed by atoms with E-state index in [4.69, 9.17) is 15.7 Å². The van der Waals surface area contributed by atoms with E-state index in [9.17, 15) is 4.79 Å². The fourth-order valence-corrected chi connectivity index (χ4v) is 1.29. The maximum Gasteiger partial charge on any atom is 0.360 e. The van der Waals surface area contributed by atoms with Crippen LogP contribution in [0.4, 0.5) is 5.82 Å². The first-order valence-electron chi connectivity index (χ1n) is 4.98. The molecule has 0 spiro atoms. The predicted octanol–water partition coefficient (Wildman–Crippen LogP) is 1.09. The molecule has 6 heteroatoms. The fraction of sp³-hybridized carbons (Fsp3) is 0.500. The summed E-state index contributed by atoms with van der Waals surface area (Å²) in [5.41, 5.74) is 5.78. The molecule has 2 N–H and O–H groups in total. The smallest absolute Gasteiger partial charge is 0.360 e. The fourth-order valence-electron chi connectivity index (χ4n) is 1.29. The van der Waals surface area contributed by atoms with Gasteiger partial charge >= 0.3 is 5.97 Å². The number of nitrogens with two attached hydrogens (primary N) is 1. The molecule has 1 rings (SSSR count). The van der Waals surface area contributed by atoms with Gasteiger partial charge in [0.1, 0.15) is 17.5 Å². The molecule has 0 aliphatic carbocycles. The normalized spacial score (nSPS) is 10.2. The summed E-state index contributed by atoms with van der Waals surface area (Å²) in [5, 5.41) is 12.9. The number of hydrogen-bond donors (Lipinski definition) is 1. The van der Waals surface area contributed by atoms with Gasteiger partial charge in [-0.1, -0.05) is 0 Å². The summed E-state index contributed by atoms with van der Waals surface area (Å²) in [4.78, 5) is 11.5. The quantitative estimate of drug-likeness (QED) is 0.772. The maximum absolute atomic E-state index is 11.5. The van der Waals surface area contributed by atoms with E-state index in [-0.39, 0.29) is 29.7 Å². The molecule has 86 valence electrons. The lowest BCUT2D eigenvalue weighted by Gasteiger charge is -2.06. The third-order valence-corrected chi connectivity index (χ3v) is 2.02. The lowest BCUT2D eigenvalue weighted by atomic mass is 10.2. The molecule has 0 radical (unpaired) electrons. The van der Waals surface area contributed by atoms with Crippen LogP contribution in [0.2, 0.25) is 0 Å². The topological polar surface area (TPSA) is 93.9 Å². The van der Waals surface area contributed by atoms with Gasteiger partial charge in [-0.2, -0.15) is 10.4 Å². The van der Waals surface area contributed by atoms with Crippen molar-refractivity contribution in [3.8, 4) is 6.07 Å². The van der Waals surface area contributed by atoms with Crippen molar-refractivity contribution < 1.29 is 9.53 Å². The average Bonchev–Trinajstić information content (AvgIpc) is 2.55. The van der Waals surface area contributed by atoms with Crippen molar-refractivity contribution in [2.24, 2.45) is 0 Å². The van der Waals surface area contributed by atoms with Crippen molar-refractivity contribution >= 4 is 11.8 Å². The Bertz CT molecular complexity index is 442. The van der Waals surface area contributed by atoms with Crippen LogP contribution in [-0.4, -0.2) is 22.4 Å². The molecule has 16 heavy (non-hydrogen) atoms. The Morgan fingerprint density at radius 3 is 2.75 bits per heavy atom. The van der Waals surface area contributed by atoms with Crippen molar-refractivity contribution in [3.63, 3.8) is 0 Å². The molecule has 0 saturated heterocycles. The second-order valence-corrected chi connectivity index (χ2v) is 3.48. The first kappa shape index (κ1) is 12.0. The molecule has 0 amide bonds. The lowest BCUT2D eigenvalue weighted by molar-refractivity contribution is 0.0518. The number of esters is 1. The summed E-state index contributed by atoms with van der Waals surface area (Å²) in [7, 11) is 0. The number of nitrogen functional groups attached to an aromatic ring is 1. The Morgan fingerprint density at radius 2 is 2.31 bits per heavy atom. The average molecular weight is 222 g/mol. The van der Waals surface area contributed by atoms with Crippen LogP contribution < -0.4 is 5.73 Å². The number of rotatable bonds is 3. The van der Waals surface area contributed by atoms with E-state index in [0.717, 1.165) is 0 Å². The molecule has 1 aromatic rings. The minimum absolute atomic E-state index is 0.0180. The SMILES string of the molecule is CCOC(=O)c1nn(C(C)C)c(N)c1C#N. The van der Waals surface area contributed by atoms with Crippen LogP contribution in [0.25, 0.3) is 0 Å². The molecule has 6 nitrogen and oxygen atoms in total. The van der Waals surface area contributed by atoms with Crippen LogP contribution in [0.5, 0.6) is 0 Å². The van der Waals surface area contributed by atoms with E-state index in [1.54, 1.807) is 6.92 Å². The predicted molar refractivity (Wildman–Crippen MR) is 57.7 cm³/mol. The number of nitrogens with zero attached hydrogens (tertiary/aromatic N) is 3. The molecule has 0 bridgehead atoms. The van der Waals surface area contributed by atoms with Gasteiger partial charge in [0, 0.05) is 6.04 Å². The zero-order valence-corrected chi connectivity index (χ0v) is 9.52. The summed E-state index contributed by atoms with van der Waals surface area (Å²) in [6.07, 6.45) is 0. The van der Waals surface area contributed by atoms with Gasteiger partial charge < -0.3 is 10.5 Å². The first-order valence-corrected chi connectivity index (χ1v) is 4.98. The summed E-state index contributed by atoms with van der Waals surface area (Å²) >= 11 is 0. The number of ether oxygens (including phenoxy) is 1. The summed E-state index contributed by atoms with van der Waals surface area (Å²) in [6.45, 7) is 5.64. The molecule has 0 fully saturated rings. The van der Waals surface area contributed by atoms with Crippen molar-refractivity contribution in [2.45, 2.75) is 26.8 Å². The molecule has 0 saturated carbocycles. The Labute approximate surface area is 93.6 Å². The van der Waals surface area contributed by atoms with Crippen LogP contribution in [-0.2, 0) is 4.74 Å². The van der Waals surface area contributed by atoms with Crippen LogP contribution in [0.1, 0.15) is 42.9 Å². The standard InChI is InChI=1S/C10H14N4O2/c1-4-16-10(15)8-7(5-11)9(12)14(13-8)6(2)3/h6H,4,12H2,1-3H3. The van der Waals surface area contributed by atoms with Crippen LogP contribution in [0.15, 0.2) is 0 Å². The second-order valence-electron chi connectivity index (χ2n) is 3.48. The van der Waals surface area contributed by atoms with Crippen molar-refractivity contribution in [1.82, 2.24) is 9.78 Å². The van der Waals surface area contributed by atoms with E-state index >= 15 is 0 Å². The zero-order valence-electron chi connectivity index (χ0n) is 9.52. The minimum atomic E-state index is -0.620. The summed E-state index contributed by atoms with van der Waals surface area (Å²) in [6, 6.07) is 1.85. The molecule has 1 heterocycles. The third kappa shape index (κ3) is 1.98. The highest BCUT2D eigenvalue weighted by atomic mass is 16.5. The largest absolute Gasteiger partial charge is 0.461 e. The Balaban J connectivity index is 3.25. The number of carbonyl (C=O) groups is 1. The molecule has 0 unspecified atom stereocenters. The van der Waals surface area contributed by atoms with Crippen LogP contribution in [0, 0.1) is 11.3 Å². The molecule has 0 aliphatic rings. The van der Waals surface area contributed by atoms with Gasteiger partial charge in [0.25, 0.3) is 0 Å². The minimum Gasteiger partial charge on any atom is -0.461 e. The molecule has 0 aliphatic heterocycles. The second kappa shape index (κ2) is 4.66. The zero-order chi connectivity index (χ0) is 12.3. The van der Waals surface area contributed by atoms with Crippen molar-refractivity contribution in [3.05, 3.63) is 11.3 Å². The first-order chi connectivity index (χ1) is 7.52. The van der Waals surface area contributed by atoms with E-state index < -0.39 is 5.97 Å². The number of hydrogen-bond acceptors (Lipinski definition) is 5. The van der Waals surface area contributed by atoms with Gasteiger partial charge in [-0.05, 0) is 20.8 Å². The van der Waals surface area contributed by atoms with Gasteiger partial charge in [0.15, 0.2) is 5.69 Å². The van der Waals surface area contributed by atoms with Gasteiger partial charge in [0.2, 0.25) is 0 Å². The highest BCUT2D eigenvalue weighted by molar-refractivity contribution is 5.91. The number of carbonyl (C=O) groups excluding carboxylic acids is 1. The van der Waals surface area contributed by atoms with Gasteiger partial charge in [-0.25, -0.2) is 9.48 Å². The Kier molecular flexibility index (Phi) is 3.51. The number of nitriles is 1. The molecule has 1 aromatic heterocycles. The lowest BCUT2D eigenvalue weighted by Crippen LogP contribution is -2.09. The molecular formula is C10H14N4O2. The maximum atomic E-state index is 11.5. The van der Waals surface area contributed by atoms with Crippen LogP contribution >= 0.6 is 0 Å². The molecular weight excluding hydrogens is 208 g/mol. The highest BCUT2D eigenvalue weighted by Crippen LogP contribution is 2.20. The van der Waals surface area contributed by atoms with Gasteiger partial charge in [0.05, 0.1) is 6.61 Å². The van der Waals surface area contributed by atoms with E-state index in [0.29, 0.717) is 0 Å². The summed E-state index contributed by atoms with van der Waals surface area (Å²) < 4.78 is 6.23. The van der Waals surface area contributed by atoms with Crippen LogP contribution in [0.3, 0.4) is 0 Å². The van der Waals surface area contributed by atoms with Gasteiger partial charge in [-0.3, -0.25) is 0 Å². The Hall–Kier alpha value is -2.03. The van der Waals surface area contributed by atoms with E-state index in [2.05, 4.69) is 5.10 Å². The highest BCUT2D eigenvalue weighted by Gasteiger charge is 2.23. The monoisotopic (exact) mass is 222 g/mol. The van der Waals surface area contributed by atoms with Crippen molar-refractivity contribution in [2.75, 3.05) is 12.3 Å². The third-order valence-electron chi connectivity index (χ3n) is 2.02. The van der Waals surface area contributed by atoms with E-state index in [1.807, 2.05) is 19.9 Å². The van der Waals surface area contributed by atoms with Gasteiger partial charge in [-0.15, -0.1) is 0 Å². The molecule has 0 aromatic carbocycles. The van der Waals surface area contributed by atoms with E-state index in [1.165, 1.54) is 4.68 Å². The number of anilines is 1. The summed E-state index contributed by atoms with van der Waals surface area (Å²) in [5.74, 6) is -0.425. The Morgan fingerprint density at radius 1 is 1.69 bits per heavy atom.